The summed E-state index contributed by atoms with van der Waals surface area (Å²) in [5.41, 5.74) is -0.954. The van der Waals surface area contributed by atoms with Gasteiger partial charge in [0.15, 0.2) is 0 Å². The Kier molecular flexibility index (Phi) is 1.82. The van der Waals surface area contributed by atoms with Crippen LogP contribution in [-0.2, 0) is 0 Å². The van der Waals surface area contributed by atoms with Crippen molar-refractivity contribution in [3.8, 4) is 0 Å². The van der Waals surface area contributed by atoms with Gasteiger partial charge in [-0.05, 0) is 0 Å². The smallest absolute Gasteiger partial charge is 0.348 e. The molecule has 0 atom stereocenters. The molecule has 0 radical (unpaired) electrons. The molecule has 2 aromatic rings. The van der Waals surface area contributed by atoms with Gasteiger partial charge in [-0.3, -0.25) is 20.2 Å². The first-order valence-electron chi connectivity index (χ1n) is 3.76. The molecule has 1 aromatic carbocycles. The molecule has 0 saturated carbocycles. The van der Waals surface area contributed by atoms with Crippen LogP contribution in [0, 0.1) is 20.2 Å². The van der Waals surface area contributed by atoms with Gasteiger partial charge in [0, 0.05) is 11.5 Å². The van der Waals surface area contributed by atoms with Crippen LogP contribution < -0.4 is 0 Å². The molecule has 2 rings (SSSR count). The van der Waals surface area contributed by atoms with Gasteiger partial charge < -0.3 is 4.52 Å². The molecule has 0 unspecified atom stereocenters. The predicted octanol–water partition coefficient (Wildman–Crippen LogP) is 1.64. The van der Waals surface area contributed by atoms with Gasteiger partial charge in [-0.25, -0.2) is 0 Å². The van der Waals surface area contributed by atoms with Gasteiger partial charge in [-0.1, -0.05) is 5.16 Å². The lowest BCUT2D eigenvalue weighted by molar-refractivity contribution is -0.422. The molecule has 0 aliphatic carbocycles. The number of nitrogens with zero attached hydrogens (tertiary/aromatic N) is 3. The van der Waals surface area contributed by atoms with Gasteiger partial charge in [-0.15, -0.1) is 0 Å². The van der Waals surface area contributed by atoms with Crippen LogP contribution in [0.3, 0.4) is 0 Å². The fourth-order valence-corrected chi connectivity index (χ4v) is 1.19. The summed E-state index contributed by atoms with van der Waals surface area (Å²) in [7, 11) is 0. The van der Waals surface area contributed by atoms with Crippen LogP contribution >= 0.6 is 0 Å². The number of rotatable bonds is 2. The Hall–Kier alpha value is -2.51. The van der Waals surface area contributed by atoms with Gasteiger partial charge >= 0.3 is 11.4 Å². The van der Waals surface area contributed by atoms with Crippen molar-refractivity contribution in [2.75, 3.05) is 0 Å². The molecule has 1 aromatic heterocycles. The number of aromatic nitrogens is 1. The molecule has 0 fully saturated rings. The highest BCUT2D eigenvalue weighted by atomic mass is 16.6. The van der Waals surface area contributed by atoms with Crippen LogP contribution in [0.15, 0.2) is 22.9 Å². The molecular formula is C7H3N3O5. The van der Waals surface area contributed by atoms with Crippen molar-refractivity contribution >= 4 is 22.3 Å². The molecule has 0 N–H and O–H groups in total. The molecular weight excluding hydrogens is 206 g/mol. The van der Waals surface area contributed by atoms with Crippen LogP contribution in [0.2, 0.25) is 0 Å². The summed E-state index contributed by atoms with van der Waals surface area (Å²) in [5.74, 6) is 0. The lowest BCUT2D eigenvalue weighted by atomic mass is 10.2. The number of benzene rings is 1. The third kappa shape index (κ3) is 1.37. The minimum absolute atomic E-state index is 0.215. The van der Waals surface area contributed by atoms with Gasteiger partial charge in [0.05, 0.1) is 15.9 Å². The zero-order valence-electron chi connectivity index (χ0n) is 7.11. The first kappa shape index (κ1) is 9.06. The average molecular weight is 209 g/mol. The molecule has 8 heteroatoms. The number of fused-ring (bicyclic) bond motifs is 1. The molecule has 15 heavy (non-hydrogen) atoms. The normalized spacial score (nSPS) is 10.4. The van der Waals surface area contributed by atoms with Gasteiger partial charge in [0.25, 0.3) is 0 Å². The maximum Gasteiger partial charge on any atom is 0.348 e. The quantitative estimate of drug-likeness (QED) is 0.548. The van der Waals surface area contributed by atoms with E-state index in [9.17, 15) is 20.2 Å². The van der Waals surface area contributed by atoms with Crippen molar-refractivity contribution in [2.45, 2.75) is 0 Å². The molecule has 0 bridgehead atoms. The highest BCUT2D eigenvalue weighted by molar-refractivity contribution is 5.84. The van der Waals surface area contributed by atoms with Crippen LogP contribution in [0.4, 0.5) is 11.4 Å². The maximum absolute atomic E-state index is 10.5. The number of nitro groups is 2. The van der Waals surface area contributed by atoms with E-state index in [4.69, 9.17) is 0 Å². The topological polar surface area (TPSA) is 112 Å². The van der Waals surface area contributed by atoms with E-state index >= 15 is 0 Å². The van der Waals surface area contributed by atoms with E-state index in [2.05, 4.69) is 9.68 Å². The fraction of sp³-hybridized carbons (Fsp3) is 0. The molecule has 0 aliphatic rings. The Morgan fingerprint density at radius 1 is 1.13 bits per heavy atom. The van der Waals surface area contributed by atoms with E-state index in [-0.39, 0.29) is 5.52 Å². The van der Waals surface area contributed by atoms with Gasteiger partial charge in [0.1, 0.15) is 11.8 Å². The SMILES string of the molecule is O=[N+]([O-])c1cc2conc2cc1[N+](=O)[O-]. The predicted molar refractivity (Wildman–Crippen MR) is 47.3 cm³/mol. The van der Waals surface area contributed by atoms with Gasteiger partial charge in [-0.2, -0.15) is 0 Å². The zero-order chi connectivity index (χ0) is 11.0. The zero-order valence-corrected chi connectivity index (χ0v) is 7.11. The second-order valence-electron chi connectivity index (χ2n) is 2.73. The molecule has 0 saturated heterocycles. The van der Waals surface area contributed by atoms with Crippen molar-refractivity contribution in [1.82, 2.24) is 5.16 Å². The summed E-state index contributed by atoms with van der Waals surface area (Å²) in [6.07, 6.45) is 1.19. The minimum atomic E-state index is -0.827. The van der Waals surface area contributed by atoms with E-state index in [1.165, 1.54) is 6.26 Å². The second kappa shape index (κ2) is 3.01. The summed E-state index contributed by atoms with van der Waals surface area (Å²) in [6, 6.07) is 2.07. The molecule has 0 aliphatic heterocycles. The first-order chi connectivity index (χ1) is 7.09. The van der Waals surface area contributed by atoms with Crippen molar-refractivity contribution in [1.29, 1.82) is 0 Å². The number of nitro benzene ring substituents is 2. The maximum atomic E-state index is 10.5. The van der Waals surface area contributed by atoms with Crippen LogP contribution in [0.5, 0.6) is 0 Å². The van der Waals surface area contributed by atoms with Crippen LogP contribution in [0.1, 0.15) is 0 Å². The highest BCUT2D eigenvalue weighted by Gasteiger charge is 2.25. The summed E-state index contributed by atoms with van der Waals surface area (Å²) < 4.78 is 4.54. The van der Waals surface area contributed by atoms with E-state index in [1.807, 2.05) is 0 Å². The van der Waals surface area contributed by atoms with Crippen molar-refractivity contribution in [2.24, 2.45) is 0 Å². The van der Waals surface area contributed by atoms with E-state index in [0.717, 1.165) is 12.1 Å². The number of hydrogen-bond acceptors (Lipinski definition) is 6. The molecule has 8 nitrogen and oxygen atoms in total. The Bertz CT molecular complexity index is 513. The van der Waals surface area contributed by atoms with Crippen molar-refractivity contribution in [3.63, 3.8) is 0 Å². The average Bonchev–Trinajstić information content (AvgIpc) is 2.61. The molecule has 0 spiro atoms. The lowest BCUT2D eigenvalue weighted by Crippen LogP contribution is -1.96. The minimum Gasteiger partial charge on any atom is -0.363 e. The largest absolute Gasteiger partial charge is 0.363 e. The Morgan fingerprint density at radius 2 is 1.73 bits per heavy atom. The Balaban J connectivity index is 2.79. The Labute approximate surface area is 81.4 Å². The van der Waals surface area contributed by atoms with Crippen molar-refractivity contribution < 1.29 is 14.4 Å². The summed E-state index contributed by atoms with van der Waals surface area (Å²) in [5, 5.41) is 24.9. The van der Waals surface area contributed by atoms with E-state index < -0.39 is 21.2 Å². The standard InChI is InChI=1S/C7H3N3O5/c11-9(12)6-1-4-3-15-8-5(4)2-7(6)10(13)14/h1-3H. The van der Waals surface area contributed by atoms with Crippen LogP contribution in [0.25, 0.3) is 10.9 Å². The van der Waals surface area contributed by atoms with E-state index in [1.54, 1.807) is 0 Å². The summed E-state index contributed by atoms with van der Waals surface area (Å²) in [6.45, 7) is 0. The number of hydrogen-bond donors (Lipinski definition) is 0. The first-order valence-corrected chi connectivity index (χ1v) is 3.76. The molecule has 0 amide bonds. The monoisotopic (exact) mass is 209 g/mol. The van der Waals surface area contributed by atoms with Crippen molar-refractivity contribution in [3.05, 3.63) is 38.6 Å². The summed E-state index contributed by atoms with van der Waals surface area (Å²) >= 11 is 0. The third-order valence-electron chi connectivity index (χ3n) is 1.85. The molecule has 1 heterocycles. The molecule has 76 valence electrons. The van der Waals surface area contributed by atoms with Gasteiger partial charge in [0.2, 0.25) is 0 Å². The highest BCUT2D eigenvalue weighted by Crippen LogP contribution is 2.30. The third-order valence-corrected chi connectivity index (χ3v) is 1.85. The lowest BCUT2D eigenvalue weighted by Gasteiger charge is -1.93. The van der Waals surface area contributed by atoms with E-state index in [0.29, 0.717) is 5.39 Å². The fourth-order valence-electron chi connectivity index (χ4n) is 1.19. The second-order valence-corrected chi connectivity index (χ2v) is 2.73. The Morgan fingerprint density at radius 3 is 2.33 bits per heavy atom. The summed E-state index contributed by atoms with van der Waals surface area (Å²) in [4.78, 5) is 19.4. The van der Waals surface area contributed by atoms with Crippen LogP contribution in [-0.4, -0.2) is 15.0 Å².